The van der Waals surface area contributed by atoms with Crippen molar-refractivity contribution >= 4 is 11.6 Å². The molecule has 2 rings (SSSR count). The molecule has 1 saturated heterocycles. The predicted octanol–water partition coefficient (Wildman–Crippen LogP) is 2.54. The van der Waals surface area contributed by atoms with Gasteiger partial charge in [-0.3, -0.25) is 0 Å². The van der Waals surface area contributed by atoms with E-state index in [1.54, 1.807) is 0 Å². The molecule has 2 nitrogen and oxygen atoms in total. The van der Waals surface area contributed by atoms with Crippen LogP contribution in [0.2, 0.25) is 0 Å². The average Bonchev–Trinajstić information content (AvgIpc) is 2.84. The van der Waals surface area contributed by atoms with Gasteiger partial charge in [-0.15, -0.1) is 11.6 Å². The lowest BCUT2D eigenvalue weighted by molar-refractivity contribution is -0.0299. The molecule has 0 aliphatic carbocycles. The van der Waals surface area contributed by atoms with Crippen LogP contribution in [-0.2, 0) is 10.3 Å². The Bertz CT molecular complexity index is 322. The van der Waals surface area contributed by atoms with E-state index in [2.05, 4.69) is 0 Å². The van der Waals surface area contributed by atoms with Crippen molar-refractivity contribution in [2.75, 3.05) is 19.1 Å². The second-order valence-corrected chi connectivity index (χ2v) is 4.67. The minimum atomic E-state index is -0.834. The highest BCUT2D eigenvalue weighted by molar-refractivity contribution is 6.17. The van der Waals surface area contributed by atoms with E-state index in [1.165, 1.54) is 0 Å². The number of rotatable bonds is 4. The Morgan fingerprint density at radius 3 is 2.69 bits per heavy atom. The van der Waals surface area contributed by atoms with Crippen LogP contribution in [0.4, 0.5) is 0 Å². The van der Waals surface area contributed by atoms with Gasteiger partial charge in [0.05, 0.1) is 12.2 Å². The normalized spacial score (nSPS) is 24.2. The van der Waals surface area contributed by atoms with Gasteiger partial charge < -0.3 is 9.84 Å². The fourth-order valence-electron chi connectivity index (χ4n) is 2.37. The molecule has 1 aliphatic heterocycles. The molecule has 2 unspecified atom stereocenters. The molecule has 1 heterocycles. The van der Waals surface area contributed by atoms with E-state index in [9.17, 15) is 5.11 Å². The molecule has 2 atom stereocenters. The van der Waals surface area contributed by atoms with E-state index in [0.717, 1.165) is 18.6 Å². The zero-order valence-corrected chi connectivity index (χ0v) is 9.99. The van der Waals surface area contributed by atoms with E-state index < -0.39 is 5.60 Å². The molecule has 0 radical (unpaired) electrons. The van der Waals surface area contributed by atoms with Crippen molar-refractivity contribution < 1.29 is 9.84 Å². The summed E-state index contributed by atoms with van der Waals surface area (Å²) in [5.41, 5.74) is 0.116. The highest BCUT2D eigenvalue weighted by Crippen LogP contribution is 2.38. The molecule has 1 aromatic rings. The molecule has 0 amide bonds. The monoisotopic (exact) mass is 240 g/mol. The van der Waals surface area contributed by atoms with Crippen LogP contribution in [0.5, 0.6) is 0 Å². The van der Waals surface area contributed by atoms with E-state index in [0.29, 0.717) is 18.9 Å². The highest BCUT2D eigenvalue weighted by Gasteiger charge is 2.39. The van der Waals surface area contributed by atoms with Gasteiger partial charge in [0.1, 0.15) is 0 Å². The molecule has 0 saturated carbocycles. The van der Waals surface area contributed by atoms with Gasteiger partial charge in [-0.1, -0.05) is 30.3 Å². The maximum Gasteiger partial charge on any atom is 0.0958 e. The Balaban J connectivity index is 2.27. The van der Waals surface area contributed by atoms with Crippen molar-refractivity contribution in [2.24, 2.45) is 5.92 Å². The van der Waals surface area contributed by atoms with E-state index in [1.807, 2.05) is 30.3 Å². The van der Waals surface area contributed by atoms with Crippen molar-refractivity contribution in [2.45, 2.75) is 18.4 Å². The van der Waals surface area contributed by atoms with Crippen LogP contribution >= 0.6 is 11.6 Å². The summed E-state index contributed by atoms with van der Waals surface area (Å²) in [7, 11) is 0. The second-order valence-electron chi connectivity index (χ2n) is 4.29. The summed E-state index contributed by atoms with van der Waals surface area (Å²) in [6.07, 6.45) is 1.48. The Kier molecular flexibility index (Phi) is 3.85. The van der Waals surface area contributed by atoms with Crippen molar-refractivity contribution in [3.8, 4) is 0 Å². The lowest BCUT2D eigenvalue weighted by Gasteiger charge is -2.33. The highest BCUT2D eigenvalue weighted by atomic mass is 35.5. The fourth-order valence-corrected chi connectivity index (χ4v) is 2.65. The van der Waals surface area contributed by atoms with Crippen molar-refractivity contribution in [3.05, 3.63) is 35.9 Å². The molecule has 88 valence electrons. The number of ether oxygens (including phenoxy) is 1. The zero-order valence-electron chi connectivity index (χ0n) is 9.23. The average molecular weight is 241 g/mol. The third-order valence-electron chi connectivity index (χ3n) is 3.35. The van der Waals surface area contributed by atoms with E-state index in [-0.39, 0.29) is 5.92 Å². The van der Waals surface area contributed by atoms with Crippen LogP contribution in [0.3, 0.4) is 0 Å². The van der Waals surface area contributed by atoms with Gasteiger partial charge in [0, 0.05) is 18.4 Å². The minimum absolute atomic E-state index is 0.161. The first-order chi connectivity index (χ1) is 7.77. The Morgan fingerprint density at radius 1 is 1.38 bits per heavy atom. The van der Waals surface area contributed by atoms with Crippen molar-refractivity contribution in [1.82, 2.24) is 0 Å². The van der Waals surface area contributed by atoms with Gasteiger partial charge in [-0.2, -0.15) is 0 Å². The number of aliphatic hydroxyl groups is 1. The molecule has 1 aliphatic rings. The number of hydrogen-bond donors (Lipinski definition) is 1. The third-order valence-corrected chi connectivity index (χ3v) is 3.54. The molecular formula is C13H17ClO2. The van der Waals surface area contributed by atoms with E-state index in [4.69, 9.17) is 16.3 Å². The van der Waals surface area contributed by atoms with Crippen LogP contribution in [0, 0.1) is 5.92 Å². The van der Waals surface area contributed by atoms with Gasteiger partial charge in [-0.25, -0.2) is 0 Å². The Morgan fingerprint density at radius 2 is 2.12 bits per heavy atom. The van der Waals surface area contributed by atoms with Crippen LogP contribution in [0.25, 0.3) is 0 Å². The summed E-state index contributed by atoms with van der Waals surface area (Å²) in [6.45, 7) is 1.37. The standard InChI is InChI=1S/C13H17ClO2/c14-8-7-13(15,12-6-9-16-10-12)11-4-2-1-3-5-11/h1-5,12,15H,6-10H2. The molecule has 1 aromatic carbocycles. The summed E-state index contributed by atoms with van der Waals surface area (Å²) in [4.78, 5) is 0. The topological polar surface area (TPSA) is 29.5 Å². The molecule has 1 fully saturated rings. The molecule has 0 bridgehead atoms. The lowest BCUT2D eigenvalue weighted by Crippen LogP contribution is -2.36. The zero-order chi connectivity index (χ0) is 11.4. The largest absolute Gasteiger partial charge is 0.385 e. The van der Waals surface area contributed by atoms with Gasteiger partial charge >= 0.3 is 0 Å². The molecule has 16 heavy (non-hydrogen) atoms. The number of hydrogen-bond acceptors (Lipinski definition) is 2. The second kappa shape index (κ2) is 5.17. The van der Waals surface area contributed by atoms with Crippen LogP contribution in [0.15, 0.2) is 30.3 Å². The summed E-state index contributed by atoms with van der Waals surface area (Å²) in [5.74, 6) is 0.621. The third kappa shape index (κ3) is 2.24. The van der Waals surface area contributed by atoms with Gasteiger partial charge in [0.25, 0.3) is 0 Å². The Hall–Kier alpha value is -0.570. The fraction of sp³-hybridized carbons (Fsp3) is 0.538. The minimum Gasteiger partial charge on any atom is -0.385 e. The quantitative estimate of drug-likeness (QED) is 0.820. The lowest BCUT2D eigenvalue weighted by atomic mass is 9.79. The molecular weight excluding hydrogens is 224 g/mol. The maximum absolute atomic E-state index is 10.8. The first-order valence-electron chi connectivity index (χ1n) is 5.69. The van der Waals surface area contributed by atoms with E-state index >= 15 is 0 Å². The number of alkyl halides is 1. The Labute approximate surface area is 101 Å². The van der Waals surface area contributed by atoms with Gasteiger partial charge in [-0.05, 0) is 18.4 Å². The first kappa shape index (κ1) is 11.9. The molecule has 3 heteroatoms. The van der Waals surface area contributed by atoms with Crippen molar-refractivity contribution in [3.63, 3.8) is 0 Å². The first-order valence-corrected chi connectivity index (χ1v) is 6.22. The van der Waals surface area contributed by atoms with Gasteiger partial charge in [0.2, 0.25) is 0 Å². The summed E-state index contributed by atoms with van der Waals surface area (Å²) in [6, 6.07) is 9.78. The maximum atomic E-state index is 10.8. The van der Waals surface area contributed by atoms with Crippen LogP contribution in [-0.4, -0.2) is 24.2 Å². The number of benzene rings is 1. The molecule has 1 N–H and O–H groups in total. The summed E-state index contributed by atoms with van der Waals surface area (Å²) in [5, 5.41) is 10.8. The van der Waals surface area contributed by atoms with Crippen LogP contribution in [0.1, 0.15) is 18.4 Å². The van der Waals surface area contributed by atoms with Crippen molar-refractivity contribution in [1.29, 1.82) is 0 Å². The summed E-state index contributed by atoms with van der Waals surface area (Å²) < 4.78 is 5.37. The summed E-state index contributed by atoms with van der Waals surface area (Å²) >= 11 is 5.81. The predicted molar refractivity (Wildman–Crippen MR) is 64.6 cm³/mol. The van der Waals surface area contributed by atoms with Gasteiger partial charge in [0.15, 0.2) is 0 Å². The smallest absolute Gasteiger partial charge is 0.0958 e. The van der Waals surface area contributed by atoms with Crippen LogP contribution < -0.4 is 0 Å². The molecule has 0 spiro atoms. The molecule has 0 aromatic heterocycles. The SMILES string of the molecule is OC(CCCl)(c1ccccc1)C1CCOC1. The number of halogens is 1.